The van der Waals surface area contributed by atoms with Gasteiger partial charge in [0.05, 0.1) is 39.3 Å². The molecule has 23 heavy (non-hydrogen) atoms. The van der Waals surface area contributed by atoms with Gasteiger partial charge in [0.1, 0.15) is 0 Å². The Balaban J connectivity index is 2.44. The van der Waals surface area contributed by atoms with Crippen LogP contribution in [0.25, 0.3) is 0 Å². The van der Waals surface area contributed by atoms with Crippen molar-refractivity contribution in [2.45, 2.75) is 16.3 Å². The van der Waals surface area contributed by atoms with Gasteiger partial charge >= 0.3 is 5.51 Å². The smallest absolute Gasteiger partial charge is 0.392 e. The van der Waals surface area contributed by atoms with E-state index in [9.17, 15) is 23.7 Å². The number of rotatable bonds is 2. The largest absolute Gasteiger partial charge is 0.446 e. The fourth-order valence-corrected chi connectivity index (χ4v) is 3.42. The molecule has 1 aromatic rings. The highest BCUT2D eigenvalue weighted by Crippen LogP contribution is 2.43. The molecule has 0 saturated carbocycles. The first kappa shape index (κ1) is 17.1. The van der Waals surface area contributed by atoms with Gasteiger partial charge in [0.15, 0.2) is 0 Å². The van der Waals surface area contributed by atoms with Gasteiger partial charge in [-0.15, -0.1) is 0 Å². The third-order valence-corrected chi connectivity index (χ3v) is 4.64. The summed E-state index contributed by atoms with van der Waals surface area (Å²) in [5.41, 5.74) is 7.99. The van der Waals surface area contributed by atoms with E-state index in [0.717, 1.165) is 11.8 Å². The molecule has 4 nitrogen and oxygen atoms in total. The summed E-state index contributed by atoms with van der Waals surface area (Å²) < 4.78 is 37.1. The molecular weight excluding hydrogens is 345 g/mol. The van der Waals surface area contributed by atoms with Crippen LogP contribution in [0.15, 0.2) is 50.4 Å². The van der Waals surface area contributed by atoms with Crippen LogP contribution in [0, 0.1) is 22.7 Å². The number of halogens is 3. The minimum atomic E-state index is -4.38. The molecule has 0 aliphatic carbocycles. The predicted molar refractivity (Wildman–Crippen MR) is 82.3 cm³/mol. The summed E-state index contributed by atoms with van der Waals surface area (Å²) in [7, 11) is 0. The summed E-state index contributed by atoms with van der Waals surface area (Å²) >= 11 is 0.696. The Morgan fingerprint density at radius 3 is 1.87 bits per heavy atom. The highest BCUT2D eigenvalue weighted by molar-refractivity contribution is 8.06. The zero-order valence-electron chi connectivity index (χ0n) is 11.4. The van der Waals surface area contributed by atoms with Gasteiger partial charge < -0.3 is 11.5 Å². The molecule has 1 aromatic carbocycles. The summed E-state index contributed by atoms with van der Waals surface area (Å²) in [5.74, 6) is -0.767. The van der Waals surface area contributed by atoms with Crippen molar-refractivity contribution < 1.29 is 13.2 Å². The molecule has 1 aliphatic heterocycles. The Labute approximate surface area is 138 Å². The van der Waals surface area contributed by atoms with Crippen molar-refractivity contribution in [3.63, 3.8) is 0 Å². The Kier molecular flexibility index (Phi) is 4.83. The zero-order chi connectivity index (χ0) is 17.2. The predicted octanol–water partition coefficient (Wildman–Crippen LogP) is 3.52. The zero-order valence-corrected chi connectivity index (χ0v) is 13.0. The summed E-state index contributed by atoms with van der Waals surface area (Å²) in [6.07, 6.45) is 0. The van der Waals surface area contributed by atoms with Gasteiger partial charge in [-0.05, 0) is 29.5 Å². The standard InChI is InChI=1S/C14H9F3N4S2/c15-14(16,17)23-8-3-1-7(2-4-8)11-9(5-18)12(20)22-13(21)10(11)6-19/h1-4,11H,20-21H2. The number of alkyl halides is 3. The van der Waals surface area contributed by atoms with Gasteiger partial charge in [-0.2, -0.15) is 23.7 Å². The highest BCUT2D eigenvalue weighted by atomic mass is 32.2. The first-order chi connectivity index (χ1) is 10.8. The maximum Gasteiger partial charge on any atom is 0.446 e. The van der Waals surface area contributed by atoms with Crippen LogP contribution >= 0.6 is 23.5 Å². The molecule has 0 fully saturated rings. The molecule has 0 aromatic heterocycles. The number of hydrogen-bond donors (Lipinski definition) is 2. The van der Waals surface area contributed by atoms with Crippen LogP contribution in [-0.2, 0) is 0 Å². The van der Waals surface area contributed by atoms with Crippen LogP contribution in [0.3, 0.4) is 0 Å². The molecule has 0 amide bonds. The number of nitrogens with two attached hydrogens (primary N) is 2. The van der Waals surface area contributed by atoms with Crippen molar-refractivity contribution in [3.05, 3.63) is 51.0 Å². The Morgan fingerprint density at radius 2 is 1.48 bits per heavy atom. The first-order valence-electron chi connectivity index (χ1n) is 6.10. The molecule has 0 saturated heterocycles. The second-order valence-electron chi connectivity index (χ2n) is 4.43. The van der Waals surface area contributed by atoms with Crippen LogP contribution in [0.5, 0.6) is 0 Å². The first-order valence-corrected chi connectivity index (χ1v) is 7.73. The third kappa shape index (κ3) is 3.76. The number of allylic oxidation sites excluding steroid dienone is 2. The molecule has 0 radical (unpaired) electrons. The average Bonchev–Trinajstić information content (AvgIpc) is 2.46. The fourth-order valence-electron chi connectivity index (χ4n) is 2.09. The Morgan fingerprint density at radius 1 is 1.00 bits per heavy atom. The molecule has 0 atom stereocenters. The SMILES string of the molecule is N#CC1=C(N)SC(N)=C(C#N)C1c1ccc(SC(F)(F)F)cc1. The third-order valence-electron chi connectivity index (χ3n) is 3.02. The van der Waals surface area contributed by atoms with E-state index in [1.54, 1.807) is 0 Å². The van der Waals surface area contributed by atoms with E-state index in [-0.39, 0.29) is 37.9 Å². The van der Waals surface area contributed by atoms with Crippen LogP contribution in [0.1, 0.15) is 11.5 Å². The van der Waals surface area contributed by atoms with Gasteiger partial charge in [-0.1, -0.05) is 23.9 Å². The Bertz CT molecular complexity index is 731. The fraction of sp³-hybridized carbons (Fsp3) is 0.143. The van der Waals surface area contributed by atoms with Crippen LogP contribution in [0.4, 0.5) is 13.2 Å². The van der Waals surface area contributed by atoms with Gasteiger partial charge in [0.25, 0.3) is 0 Å². The number of nitriles is 2. The summed E-state index contributed by atoms with van der Waals surface area (Å²) in [6, 6.07) is 9.33. The molecule has 1 heterocycles. The van der Waals surface area contributed by atoms with Crippen molar-refractivity contribution in [2.75, 3.05) is 0 Å². The van der Waals surface area contributed by atoms with E-state index in [1.807, 2.05) is 12.1 Å². The molecule has 9 heteroatoms. The molecule has 118 valence electrons. The van der Waals surface area contributed by atoms with E-state index < -0.39 is 11.4 Å². The Hall–Kier alpha value is -2.23. The van der Waals surface area contributed by atoms with Gasteiger partial charge in [0, 0.05) is 4.90 Å². The minimum absolute atomic E-state index is 0.0114. The van der Waals surface area contributed by atoms with Crippen LogP contribution < -0.4 is 11.5 Å². The summed E-state index contributed by atoms with van der Waals surface area (Å²) in [6.45, 7) is 0. The van der Waals surface area contributed by atoms with Gasteiger partial charge in [-0.25, -0.2) is 0 Å². The average molecular weight is 354 g/mol. The number of thioether (sulfide) groups is 2. The molecule has 1 aliphatic rings. The second kappa shape index (κ2) is 6.49. The van der Waals surface area contributed by atoms with Gasteiger partial charge in [-0.3, -0.25) is 0 Å². The van der Waals surface area contributed by atoms with Crippen LogP contribution in [0.2, 0.25) is 0 Å². The molecule has 0 unspecified atom stereocenters. The molecule has 0 bridgehead atoms. The van der Waals surface area contributed by atoms with Crippen molar-refractivity contribution in [3.8, 4) is 12.1 Å². The lowest BCUT2D eigenvalue weighted by atomic mass is 9.86. The second-order valence-corrected chi connectivity index (χ2v) is 6.65. The normalized spacial score (nSPS) is 16.2. The molecule has 0 spiro atoms. The highest BCUT2D eigenvalue weighted by Gasteiger charge is 2.32. The maximum absolute atomic E-state index is 12.4. The van der Waals surface area contributed by atoms with E-state index in [2.05, 4.69) is 0 Å². The van der Waals surface area contributed by atoms with Crippen molar-refractivity contribution in [1.82, 2.24) is 0 Å². The lowest BCUT2D eigenvalue weighted by molar-refractivity contribution is -0.0328. The number of benzene rings is 1. The number of hydrogen-bond acceptors (Lipinski definition) is 6. The summed E-state index contributed by atoms with van der Waals surface area (Å²) in [5, 5.41) is 18.9. The lowest BCUT2D eigenvalue weighted by Gasteiger charge is -2.23. The van der Waals surface area contributed by atoms with E-state index in [1.165, 1.54) is 24.3 Å². The van der Waals surface area contributed by atoms with Crippen molar-refractivity contribution in [1.29, 1.82) is 10.5 Å². The van der Waals surface area contributed by atoms with Crippen molar-refractivity contribution in [2.24, 2.45) is 11.5 Å². The topological polar surface area (TPSA) is 99.6 Å². The quantitative estimate of drug-likeness (QED) is 0.788. The molecule has 2 rings (SSSR count). The lowest BCUT2D eigenvalue weighted by Crippen LogP contribution is -2.18. The van der Waals surface area contributed by atoms with Crippen LogP contribution in [-0.4, -0.2) is 5.51 Å². The van der Waals surface area contributed by atoms with E-state index in [4.69, 9.17) is 11.5 Å². The molecule has 4 N–H and O–H groups in total. The molecular formula is C14H9F3N4S2. The number of nitrogens with zero attached hydrogens (tertiary/aromatic N) is 2. The summed E-state index contributed by atoms with van der Waals surface area (Å²) in [4.78, 5) is 0.0114. The van der Waals surface area contributed by atoms with E-state index >= 15 is 0 Å². The maximum atomic E-state index is 12.4. The minimum Gasteiger partial charge on any atom is -0.392 e. The van der Waals surface area contributed by atoms with E-state index in [0.29, 0.717) is 5.56 Å². The van der Waals surface area contributed by atoms with Gasteiger partial charge in [0.2, 0.25) is 0 Å². The monoisotopic (exact) mass is 354 g/mol. The van der Waals surface area contributed by atoms with Crippen molar-refractivity contribution >= 4 is 23.5 Å².